The molecule has 0 spiro atoms. The molecule has 1 unspecified atom stereocenters. The standard InChI is InChI=1S/C16H23NO3S/c1-4-6-10-17(12(3)5-2)16(20)15-13(9-11-21-15)7-8-14(18)19/h7-9,11-12H,4-6,10H2,1-3H3,(H,18,19). The van der Waals surface area contributed by atoms with Crippen LogP contribution in [0.3, 0.4) is 0 Å². The molecule has 1 rings (SSSR count). The van der Waals surface area contributed by atoms with Crippen molar-refractivity contribution < 1.29 is 14.7 Å². The highest BCUT2D eigenvalue weighted by Crippen LogP contribution is 2.22. The van der Waals surface area contributed by atoms with Gasteiger partial charge in [0.15, 0.2) is 0 Å². The lowest BCUT2D eigenvalue weighted by Gasteiger charge is -2.28. The number of carbonyl (C=O) groups is 2. The summed E-state index contributed by atoms with van der Waals surface area (Å²) >= 11 is 1.36. The van der Waals surface area contributed by atoms with Gasteiger partial charge in [0, 0.05) is 18.7 Å². The van der Waals surface area contributed by atoms with Crippen LogP contribution in [0.2, 0.25) is 0 Å². The third kappa shape index (κ3) is 5.01. The molecule has 0 aliphatic rings. The van der Waals surface area contributed by atoms with Crippen LogP contribution in [-0.4, -0.2) is 34.5 Å². The van der Waals surface area contributed by atoms with E-state index in [1.54, 1.807) is 6.07 Å². The fourth-order valence-electron chi connectivity index (χ4n) is 1.99. The first kappa shape index (κ1) is 17.4. The number of carboxylic acid groups (broad SMARTS) is 1. The fraction of sp³-hybridized carbons (Fsp3) is 0.500. The minimum absolute atomic E-state index is 0.00200. The quantitative estimate of drug-likeness (QED) is 0.741. The van der Waals surface area contributed by atoms with Crippen molar-refractivity contribution in [3.63, 3.8) is 0 Å². The fourth-order valence-corrected chi connectivity index (χ4v) is 2.83. The van der Waals surface area contributed by atoms with Crippen LogP contribution < -0.4 is 0 Å². The minimum atomic E-state index is -1.01. The second-order valence-corrected chi connectivity index (χ2v) is 5.90. The zero-order valence-corrected chi connectivity index (χ0v) is 13.7. The van der Waals surface area contributed by atoms with Crippen LogP contribution in [0.4, 0.5) is 0 Å². The number of thiophene rings is 1. The van der Waals surface area contributed by atoms with Crippen molar-refractivity contribution >= 4 is 29.3 Å². The van der Waals surface area contributed by atoms with Gasteiger partial charge in [-0.1, -0.05) is 20.3 Å². The Morgan fingerprint density at radius 1 is 1.43 bits per heavy atom. The van der Waals surface area contributed by atoms with Gasteiger partial charge in [0.1, 0.15) is 0 Å². The lowest BCUT2D eigenvalue weighted by molar-refractivity contribution is -0.131. The molecular formula is C16H23NO3S. The van der Waals surface area contributed by atoms with Gasteiger partial charge < -0.3 is 10.0 Å². The number of nitrogens with zero attached hydrogens (tertiary/aromatic N) is 1. The monoisotopic (exact) mass is 309 g/mol. The van der Waals surface area contributed by atoms with Gasteiger partial charge >= 0.3 is 5.97 Å². The van der Waals surface area contributed by atoms with Crippen molar-refractivity contribution in [1.82, 2.24) is 4.90 Å². The van der Waals surface area contributed by atoms with Crippen molar-refractivity contribution in [3.05, 3.63) is 28.0 Å². The van der Waals surface area contributed by atoms with Crippen LogP contribution in [0.25, 0.3) is 6.08 Å². The predicted octanol–water partition coefficient (Wildman–Crippen LogP) is 3.89. The number of hydrogen-bond acceptors (Lipinski definition) is 3. The third-order valence-corrected chi connectivity index (χ3v) is 4.35. The van der Waals surface area contributed by atoms with Crippen LogP contribution in [0.5, 0.6) is 0 Å². The number of rotatable bonds is 8. The summed E-state index contributed by atoms with van der Waals surface area (Å²) in [5.41, 5.74) is 0.678. The normalized spacial score (nSPS) is 12.5. The van der Waals surface area contributed by atoms with Gasteiger partial charge in [0.25, 0.3) is 5.91 Å². The lowest BCUT2D eigenvalue weighted by atomic mass is 10.1. The van der Waals surface area contributed by atoms with Gasteiger partial charge in [-0.25, -0.2) is 4.79 Å². The van der Waals surface area contributed by atoms with Crippen molar-refractivity contribution in [1.29, 1.82) is 0 Å². The largest absolute Gasteiger partial charge is 0.478 e. The Hall–Kier alpha value is -1.62. The molecule has 1 aromatic heterocycles. The molecular weight excluding hydrogens is 286 g/mol. The first-order valence-corrected chi connectivity index (χ1v) is 8.18. The second-order valence-electron chi connectivity index (χ2n) is 4.99. The summed E-state index contributed by atoms with van der Waals surface area (Å²) in [4.78, 5) is 25.9. The van der Waals surface area contributed by atoms with E-state index in [4.69, 9.17) is 5.11 Å². The summed E-state index contributed by atoms with van der Waals surface area (Å²) in [6.45, 7) is 6.96. The molecule has 0 radical (unpaired) electrons. The van der Waals surface area contributed by atoms with Crippen LogP contribution in [0, 0.1) is 0 Å². The summed E-state index contributed by atoms with van der Waals surface area (Å²) in [5.74, 6) is -1.01. The molecule has 1 amide bonds. The summed E-state index contributed by atoms with van der Waals surface area (Å²) in [6.07, 6.45) is 5.47. The molecule has 0 aliphatic carbocycles. The Labute approximate surface area is 130 Å². The molecule has 21 heavy (non-hydrogen) atoms. The molecule has 0 aliphatic heterocycles. The first-order chi connectivity index (χ1) is 10.0. The molecule has 4 nitrogen and oxygen atoms in total. The smallest absolute Gasteiger partial charge is 0.328 e. The average molecular weight is 309 g/mol. The molecule has 5 heteroatoms. The molecule has 0 saturated carbocycles. The van der Waals surface area contributed by atoms with E-state index < -0.39 is 5.97 Å². The number of hydrogen-bond donors (Lipinski definition) is 1. The molecule has 0 bridgehead atoms. The maximum atomic E-state index is 12.7. The molecule has 1 aromatic rings. The topological polar surface area (TPSA) is 57.6 Å². The van der Waals surface area contributed by atoms with Crippen molar-refractivity contribution in [2.24, 2.45) is 0 Å². The highest BCUT2D eigenvalue weighted by Gasteiger charge is 2.22. The molecule has 116 valence electrons. The van der Waals surface area contributed by atoms with Gasteiger partial charge in [-0.2, -0.15) is 0 Å². The van der Waals surface area contributed by atoms with Gasteiger partial charge in [0.05, 0.1) is 4.88 Å². The lowest BCUT2D eigenvalue weighted by Crippen LogP contribution is -2.38. The summed E-state index contributed by atoms with van der Waals surface area (Å²) in [7, 11) is 0. The Bertz CT molecular complexity index is 507. The Balaban J connectivity index is 2.98. The summed E-state index contributed by atoms with van der Waals surface area (Å²) in [5, 5.41) is 10.5. The van der Waals surface area contributed by atoms with Gasteiger partial charge in [-0.05, 0) is 42.9 Å². The molecule has 0 fully saturated rings. The Morgan fingerprint density at radius 2 is 2.14 bits per heavy atom. The number of carbonyl (C=O) groups excluding carboxylic acids is 1. The number of carboxylic acids is 1. The number of aliphatic carboxylic acids is 1. The van der Waals surface area contributed by atoms with E-state index in [2.05, 4.69) is 13.8 Å². The maximum Gasteiger partial charge on any atom is 0.328 e. The zero-order valence-electron chi connectivity index (χ0n) is 12.8. The third-order valence-electron chi connectivity index (χ3n) is 3.43. The van der Waals surface area contributed by atoms with Crippen LogP contribution in [0.1, 0.15) is 55.3 Å². The summed E-state index contributed by atoms with van der Waals surface area (Å²) < 4.78 is 0. The minimum Gasteiger partial charge on any atom is -0.478 e. The molecule has 1 N–H and O–H groups in total. The van der Waals surface area contributed by atoms with E-state index in [9.17, 15) is 9.59 Å². The zero-order chi connectivity index (χ0) is 15.8. The molecule has 1 heterocycles. The molecule has 0 aromatic carbocycles. The van der Waals surface area contributed by atoms with E-state index in [1.165, 1.54) is 17.4 Å². The predicted molar refractivity (Wildman–Crippen MR) is 86.7 cm³/mol. The van der Waals surface area contributed by atoms with E-state index in [-0.39, 0.29) is 11.9 Å². The highest BCUT2D eigenvalue weighted by atomic mass is 32.1. The summed E-state index contributed by atoms with van der Waals surface area (Å²) in [6, 6.07) is 1.97. The first-order valence-electron chi connectivity index (χ1n) is 7.30. The van der Waals surface area contributed by atoms with E-state index in [1.807, 2.05) is 17.2 Å². The number of amides is 1. The van der Waals surface area contributed by atoms with Gasteiger partial charge in [-0.3, -0.25) is 4.79 Å². The second kappa shape index (κ2) is 8.62. The van der Waals surface area contributed by atoms with Crippen LogP contribution in [0.15, 0.2) is 17.5 Å². The van der Waals surface area contributed by atoms with Crippen LogP contribution >= 0.6 is 11.3 Å². The molecule has 1 atom stereocenters. The van der Waals surface area contributed by atoms with Crippen molar-refractivity contribution in [3.8, 4) is 0 Å². The average Bonchev–Trinajstić information content (AvgIpc) is 2.93. The van der Waals surface area contributed by atoms with Crippen molar-refractivity contribution in [2.45, 2.75) is 46.1 Å². The van der Waals surface area contributed by atoms with Gasteiger partial charge in [0.2, 0.25) is 0 Å². The molecule has 0 saturated heterocycles. The van der Waals surface area contributed by atoms with Crippen LogP contribution in [-0.2, 0) is 4.79 Å². The Kier molecular flexibility index (Phi) is 7.15. The number of unbranched alkanes of at least 4 members (excludes halogenated alkanes) is 1. The van der Waals surface area contributed by atoms with E-state index in [0.29, 0.717) is 10.4 Å². The maximum absolute atomic E-state index is 12.7. The SMILES string of the molecule is CCCCN(C(=O)c1sccc1C=CC(=O)O)C(C)CC. The van der Waals surface area contributed by atoms with Crippen molar-refractivity contribution in [2.75, 3.05) is 6.54 Å². The Morgan fingerprint density at radius 3 is 2.71 bits per heavy atom. The van der Waals surface area contributed by atoms with E-state index in [0.717, 1.165) is 31.9 Å². The van der Waals surface area contributed by atoms with Gasteiger partial charge in [-0.15, -0.1) is 11.3 Å². The highest BCUT2D eigenvalue weighted by molar-refractivity contribution is 7.12. The van der Waals surface area contributed by atoms with E-state index >= 15 is 0 Å².